The zero-order valence-electron chi connectivity index (χ0n) is 10.5. The number of fused-ring (bicyclic) bond motifs is 1. The van der Waals surface area contributed by atoms with E-state index in [2.05, 4.69) is 6.58 Å². The Balaban J connectivity index is 1.76. The van der Waals surface area contributed by atoms with E-state index in [-0.39, 0.29) is 24.6 Å². The van der Waals surface area contributed by atoms with E-state index < -0.39 is 0 Å². The molecule has 0 bridgehead atoms. The van der Waals surface area contributed by atoms with Crippen LogP contribution < -0.4 is 0 Å². The first-order valence-corrected chi connectivity index (χ1v) is 6.29. The highest BCUT2D eigenvalue weighted by molar-refractivity contribution is 5.17. The molecule has 0 aliphatic carbocycles. The highest BCUT2D eigenvalue weighted by Gasteiger charge is 2.40. The maximum atomic E-state index is 5.97. The summed E-state index contributed by atoms with van der Waals surface area (Å²) in [5.74, 6) is 0. The molecule has 0 aromatic heterocycles. The summed E-state index contributed by atoms with van der Waals surface area (Å²) in [5, 5.41) is 0. The number of ether oxygens (including phenoxy) is 4. The predicted octanol–water partition coefficient (Wildman–Crippen LogP) is 2.54. The van der Waals surface area contributed by atoms with Crippen LogP contribution >= 0.6 is 0 Å². The smallest absolute Gasteiger partial charge is 0.184 e. The second kappa shape index (κ2) is 5.47. The van der Waals surface area contributed by atoms with Crippen molar-refractivity contribution in [3.63, 3.8) is 0 Å². The van der Waals surface area contributed by atoms with Crippen LogP contribution in [0.5, 0.6) is 0 Å². The molecule has 4 nitrogen and oxygen atoms in total. The maximum Gasteiger partial charge on any atom is 0.184 e. The fourth-order valence-corrected chi connectivity index (χ4v) is 2.30. The zero-order valence-corrected chi connectivity index (χ0v) is 10.5. The normalized spacial score (nSPS) is 33.1. The van der Waals surface area contributed by atoms with E-state index in [0.717, 1.165) is 5.56 Å². The Bertz CT molecular complexity index is 456. The molecular weight excluding hydrogens is 244 g/mol. The minimum Gasteiger partial charge on any atom is -0.493 e. The van der Waals surface area contributed by atoms with E-state index in [4.69, 9.17) is 18.9 Å². The molecule has 0 spiro atoms. The van der Waals surface area contributed by atoms with Crippen molar-refractivity contribution in [2.24, 2.45) is 0 Å². The molecule has 1 fully saturated rings. The summed E-state index contributed by atoms with van der Waals surface area (Å²) in [6, 6.07) is 9.85. The second-order valence-corrected chi connectivity index (χ2v) is 4.45. The van der Waals surface area contributed by atoms with Gasteiger partial charge in [0.05, 0.1) is 19.1 Å². The van der Waals surface area contributed by atoms with Crippen LogP contribution in [0.15, 0.2) is 55.5 Å². The summed E-state index contributed by atoms with van der Waals surface area (Å²) in [5.41, 5.74) is 0.993. The third-order valence-electron chi connectivity index (χ3n) is 3.23. The lowest BCUT2D eigenvalue weighted by Gasteiger charge is -2.40. The van der Waals surface area contributed by atoms with Gasteiger partial charge in [-0.2, -0.15) is 0 Å². The third kappa shape index (κ3) is 2.50. The van der Waals surface area contributed by atoms with Crippen LogP contribution in [0.4, 0.5) is 0 Å². The van der Waals surface area contributed by atoms with Gasteiger partial charge in [-0.1, -0.05) is 36.9 Å². The van der Waals surface area contributed by atoms with E-state index in [9.17, 15) is 0 Å². The molecule has 0 N–H and O–H groups in total. The first kappa shape index (κ1) is 12.3. The maximum absolute atomic E-state index is 5.97. The predicted molar refractivity (Wildman–Crippen MR) is 69.1 cm³/mol. The molecule has 3 rings (SSSR count). The minimum absolute atomic E-state index is 0.144. The molecule has 4 atom stereocenters. The summed E-state index contributed by atoms with van der Waals surface area (Å²) in [7, 11) is 0. The summed E-state index contributed by atoms with van der Waals surface area (Å²) >= 11 is 0. The van der Waals surface area contributed by atoms with Gasteiger partial charge in [0.1, 0.15) is 12.2 Å². The lowest BCUT2D eigenvalue weighted by Crippen LogP contribution is -2.49. The molecular formula is C15H16O4. The van der Waals surface area contributed by atoms with Gasteiger partial charge in [0, 0.05) is 5.56 Å². The fourth-order valence-electron chi connectivity index (χ4n) is 2.30. The largest absolute Gasteiger partial charge is 0.493 e. The number of hydrogen-bond donors (Lipinski definition) is 0. The molecule has 0 unspecified atom stereocenters. The Morgan fingerprint density at radius 3 is 2.89 bits per heavy atom. The summed E-state index contributed by atoms with van der Waals surface area (Å²) in [6.07, 6.45) is 3.98. The third-order valence-corrected chi connectivity index (χ3v) is 3.23. The van der Waals surface area contributed by atoms with Crippen molar-refractivity contribution in [3.8, 4) is 0 Å². The molecule has 1 aromatic carbocycles. The molecule has 2 heterocycles. The first-order valence-electron chi connectivity index (χ1n) is 6.29. The Morgan fingerprint density at radius 2 is 2.11 bits per heavy atom. The van der Waals surface area contributed by atoms with Crippen LogP contribution in [0.25, 0.3) is 0 Å². The van der Waals surface area contributed by atoms with Gasteiger partial charge < -0.3 is 18.9 Å². The topological polar surface area (TPSA) is 36.9 Å². The van der Waals surface area contributed by atoms with Gasteiger partial charge >= 0.3 is 0 Å². The van der Waals surface area contributed by atoms with E-state index >= 15 is 0 Å². The van der Waals surface area contributed by atoms with Crippen molar-refractivity contribution in [3.05, 3.63) is 61.1 Å². The molecule has 0 saturated carbocycles. The average molecular weight is 260 g/mol. The van der Waals surface area contributed by atoms with Gasteiger partial charge in [-0.15, -0.1) is 0 Å². The summed E-state index contributed by atoms with van der Waals surface area (Å²) in [6.45, 7) is 4.06. The summed E-state index contributed by atoms with van der Waals surface area (Å²) < 4.78 is 22.6. The molecule has 1 saturated heterocycles. The van der Waals surface area contributed by atoms with Crippen LogP contribution in [0.2, 0.25) is 0 Å². The van der Waals surface area contributed by atoms with Crippen LogP contribution in [0.3, 0.4) is 0 Å². The second-order valence-electron chi connectivity index (χ2n) is 4.45. The van der Waals surface area contributed by atoms with Crippen molar-refractivity contribution in [1.29, 1.82) is 0 Å². The Hall–Kier alpha value is -1.78. The van der Waals surface area contributed by atoms with E-state index in [1.165, 1.54) is 6.26 Å². The Morgan fingerprint density at radius 1 is 1.26 bits per heavy atom. The van der Waals surface area contributed by atoms with Gasteiger partial charge in [0.2, 0.25) is 0 Å². The van der Waals surface area contributed by atoms with E-state index in [1.54, 1.807) is 6.26 Å². The van der Waals surface area contributed by atoms with E-state index in [1.807, 2.05) is 36.4 Å². The van der Waals surface area contributed by atoms with Crippen molar-refractivity contribution >= 4 is 0 Å². The lowest BCUT2D eigenvalue weighted by molar-refractivity contribution is -0.276. The monoisotopic (exact) mass is 260 g/mol. The number of rotatable bonds is 3. The van der Waals surface area contributed by atoms with Gasteiger partial charge in [-0.3, -0.25) is 0 Å². The lowest BCUT2D eigenvalue weighted by atomic mass is 10.0. The average Bonchev–Trinajstić information content (AvgIpc) is 2.48. The molecule has 1 aromatic rings. The highest BCUT2D eigenvalue weighted by Crippen LogP contribution is 2.32. The first-order chi connectivity index (χ1) is 9.38. The number of benzene rings is 1. The minimum atomic E-state index is -0.381. The van der Waals surface area contributed by atoms with Crippen molar-refractivity contribution in [1.82, 2.24) is 0 Å². The SMILES string of the molecule is C=CO[C@H]1C=CO[C@@H]2CO[C@@H](c3ccccc3)O[C@@H]12. The Labute approximate surface area is 112 Å². The summed E-state index contributed by atoms with van der Waals surface area (Å²) in [4.78, 5) is 0. The molecule has 2 aliphatic heterocycles. The highest BCUT2D eigenvalue weighted by atomic mass is 16.7. The van der Waals surface area contributed by atoms with Crippen LogP contribution in [-0.4, -0.2) is 24.9 Å². The van der Waals surface area contributed by atoms with Crippen LogP contribution in [0.1, 0.15) is 11.9 Å². The molecule has 0 radical (unpaired) electrons. The Kier molecular flexibility index (Phi) is 3.53. The van der Waals surface area contributed by atoms with Gasteiger partial charge in [0.25, 0.3) is 0 Å². The quantitative estimate of drug-likeness (QED) is 0.783. The standard InChI is InChI=1S/C15H16O4/c1-2-16-12-8-9-17-13-10-18-15(19-14(12)13)11-6-4-3-5-7-11/h2-9,12-15H,1,10H2/t12-,13+,14-,15+/m0/s1. The van der Waals surface area contributed by atoms with Crippen molar-refractivity contribution in [2.45, 2.75) is 24.6 Å². The number of hydrogen-bond acceptors (Lipinski definition) is 4. The molecule has 2 aliphatic rings. The molecule has 4 heteroatoms. The fraction of sp³-hybridized carbons (Fsp3) is 0.333. The van der Waals surface area contributed by atoms with Gasteiger partial charge in [-0.25, -0.2) is 0 Å². The van der Waals surface area contributed by atoms with Crippen molar-refractivity contribution < 1.29 is 18.9 Å². The van der Waals surface area contributed by atoms with Crippen molar-refractivity contribution in [2.75, 3.05) is 6.61 Å². The molecule has 19 heavy (non-hydrogen) atoms. The zero-order chi connectivity index (χ0) is 13.1. The molecule has 0 amide bonds. The van der Waals surface area contributed by atoms with E-state index in [0.29, 0.717) is 6.61 Å². The van der Waals surface area contributed by atoms with Gasteiger partial charge in [-0.05, 0) is 6.08 Å². The van der Waals surface area contributed by atoms with Crippen LogP contribution in [0, 0.1) is 0 Å². The van der Waals surface area contributed by atoms with Crippen LogP contribution in [-0.2, 0) is 18.9 Å². The van der Waals surface area contributed by atoms with Gasteiger partial charge in [0.15, 0.2) is 12.4 Å². The molecule has 100 valence electrons.